The lowest BCUT2D eigenvalue weighted by atomic mass is 9.95. The zero-order valence-corrected chi connectivity index (χ0v) is 6.34. The maximum absolute atomic E-state index is 10.3. The molecule has 4 nitrogen and oxygen atoms in total. The molecule has 0 aromatic rings. The lowest BCUT2D eigenvalue weighted by molar-refractivity contribution is -0.137. The van der Waals surface area contributed by atoms with Gasteiger partial charge in [-0.25, -0.2) is 0 Å². The van der Waals surface area contributed by atoms with Crippen LogP contribution in [-0.2, 0) is 4.79 Å². The van der Waals surface area contributed by atoms with Gasteiger partial charge in [0.2, 0.25) is 0 Å². The predicted molar refractivity (Wildman–Crippen MR) is 42.6 cm³/mol. The molecule has 0 aromatic heterocycles. The molecule has 0 aromatic carbocycles. The SMILES string of the molecule is [N-]=[N+]=C1C=CC=CC1CC(=O)O. The van der Waals surface area contributed by atoms with Crippen LogP contribution in [0.4, 0.5) is 0 Å². The van der Waals surface area contributed by atoms with Crippen LogP contribution in [0.3, 0.4) is 0 Å². The number of carbonyl (C=O) groups is 1. The molecule has 1 unspecified atom stereocenters. The van der Waals surface area contributed by atoms with Crippen LogP contribution >= 0.6 is 0 Å². The minimum Gasteiger partial charge on any atom is -0.481 e. The highest BCUT2D eigenvalue weighted by atomic mass is 16.4. The Labute approximate surface area is 69.4 Å². The van der Waals surface area contributed by atoms with E-state index in [4.69, 9.17) is 10.6 Å². The van der Waals surface area contributed by atoms with E-state index in [2.05, 4.69) is 4.79 Å². The van der Waals surface area contributed by atoms with E-state index in [0.29, 0.717) is 5.71 Å². The summed E-state index contributed by atoms with van der Waals surface area (Å²) in [6.07, 6.45) is 6.69. The minimum atomic E-state index is -0.902. The van der Waals surface area contributed by atoms with Gasteiger partial charge >= 0.3 is 5.97 Å². The monoisotopic (exact) mass is 164 g/mol. The summed E-state index contributed by atoms with van der Waals surface area (Å²) in [5.41, 5.74) is 8.87. The summed E-state index contributed by atoms with van der Waals surface area (Å²) >= 11 is 0. The maximum Gasteiger partial charge on any atom is 0.304 e. The van der Waals surface area contributed by atoms with Gasteiger partial charge in [-0.05, 0) is 0 Å². The highest BCUT2D eigenvalue weighted by molar-refractivity contribution is 5.96. The smallest absolute Gasteiger partial charge is 0.304 e. The Bertz CT molecular complexity index is 298. The molecular formula is C8H8N2O2. The molecule has 1 aliphatic rings. The van der Waals surface area contributed by atoms with Crippen LogP contribution in [0, 0.1) is 5.92 Å². The normalized spacial score (nSPS) is 20.7. The lowest BCUT2D eigenvalue weighted by Gasteiger charge is -2.04. The quantitative estimate of drug-likeness (QED) is 0.485. The van der Waals surface area contributed by atoms with Crippen molar-refractivity contribution in [2.75, 3.05) is 0 Å². The van der Waals surface area contributed by atoms with Gasteiger partial charge in [0, 0.05) is 6.08 Å². The van der Waals surface area contributed by atoms with Gasteiger partial charge < -0.3 is 10.6 Å². The van der Waals surface area contributed by atoms with Gasteiger partial charge in [0.05, 0.1) is 12.3 Å². The molecule has 1 N–H and O–H groups in total. The average molecular weight is 164 g/mol. The van der Waals surface area contributed by atoms with Crippen LogP contribution in [0.5, 0.6) is 0 Å². The van der Waals surface area contributed by atoms with Crippen molar-refractivity contribution in [3.8, 4) is 0 Å². The fraction of sp³-hybridized carbons (Fsp3) is 0.250. The number of rotatable bonds is 2. The van der Waals surface area contributed by atoms with Crippen molar-refractivity contribution < 1.29 is 14.7 Å². The Morgan fingerprint density at radius 2 is 2.42 bits per heavy atom. The van der Waals surface area contributed by atoms with Crippen LogP contribution in [-0.4, -0.2) is 21.6 Å². The number of nitrogens with zero attached hydrogens (tertiary/aromatic N) is 2. The molecule has 62 valence electrons. The summed E-state index contributed by atoms with van der Waals surface area (Å²) in [4.78, 5) is 13.3. The standard InChI is InChI=1S/C8H8N2O2/c9-10-7-4-2-1-3-6(7)5-8(11)12/h1-4,6H,5H2,(H,11,12). The fourth-order valence-electron chi connectivity index (χ4n) is 1.04. The topological polar surface area (TPSA) is 73.7 Å². The van der Waals surface area contributed by atoms with E-state index in [1.165, 1.54) is 0 Å². The highest BCUT2D eigenvalue weighted by Gasteiger charge is 2.22. The summed E-state index contributed by atoms with van der Waals surface area (Å²) in [6.45, 7) is 0. The average Bonchev–Trinajstić information content (AvgIpc) is 2.04. The van der Waals surface area contributed by atoms with Crippen molar-refractivity contribution >= 4 is 11.7 Å². The highest BCUT2D eigenvalue weighted by Crippen LogP contribution is 2.11. The van der Waals surface area contributed by atoms with Gasteiger partial charge in [-0.1, -0.05) is 18.2 Å². The fourth-order valence-corrected chi connectivity index (χ4v) is 1.04. The first-order valence-corrected chi connectivity index (χ1v) is 3.52. The third-order valence-electron chi connectivity index (χ3n) is 1.61. The Morgan fingerprint density at radius 1 is 1.67 bits per heavy atom. The molecule has 4 heteroatoms. The molecule has 0 heterocycles. The van der Waals surface area contributed by atoms with E-state index in [-0.39, 0.29) is 12.3 Å². The summed E-state index contributed by atoms with van der Waals surface area (Å²) in [6, 6.07) is 0. The second kappa shape index (κ2) is 3.64. The zero-order chi connectivity index (χ0) is 8.97. The molecule has 0 radical (unpaired) electrons. The summed E-state index contributed by atoms with van der Waals surface area (Å²) < 4.78 is 0. The number of carboxylic acid groups (broad SMARTS) is 1. The van der Waals surface area contributed by atoms with Crippen molar-refractivity contribution in [3.63, 3.8) is 0 Å². The van der Waals surface area contributed by atoms with Crippen LogP contribution in [0.1, 0.15) is 6.42 Å². The molecule has 0 aliphatic heterocycles. The molecule has 0 saturated carbocycles. The molecule has 1 rings (SSSR count). The van der Waals surface area contributed by atoms with Gasteiger partial charge in [0.15, 0.2) is 0 Å². The van der Waals surface area contributed by atoms with E-state index in [1.54, 1.807) is 24.3 Å². The summed E-state index contributed by atoms with van der Waals surface area (Å²) in [7, 11) is 0. The first-order valence-electron chi connectivity index (χ1n) is 3.52. The zero-order valence-electron chi connectivity index (χ0n) is 6.34. The number of hydrogen-bond donors (Lipinski definition) is 1. The van der Waals surface area contributed by atoms with E-state index in [1.807, 2.05) is 0 Å². The van der Waals surface area contributed by atoms with Gasteiger partial charge in [0.1, 0.15) is 0 Å². The number of carboxylic acids is 1. The maximum atomic E-state index is 10.3. The van der Waals surface area contributed by atoms with Gasteiger partial charge in [-0.2, -0.15) is 4.79 Å². The molecule has 0 fully saturated rings. The Balaban J connectivity index is 2.76. The Morgan fingerprint density at radius 3 is 3.00 bits per heavy atom. The van der Waals surface area contributed by atoms with E-state index < -0.39 is 5.97 Å². The molecule has 12 heavy (non-hydrogen) atoms. The first kappa shape index (κ1) is 8.43. The largest absolute Gasteiger partial charge is 0.481 e. The third kappa shape index (κ3) is 1.90. The van der Waals surface area contributed by atoms with Crippen LogP contribution in [0.2, 0.25) is 0 Å². The predicted octanol–water partition coefficient (Wildman–Crippen LogP) is 0.874. The van der Waals surface area contributed by atoms with Crippen molar-refractivity contribution in [2.24, 2.45) is 5.92 Å². The number of allylic oxidation sites excluding steroid dienone is 4. The summed E-state index contributed by atoms with van der Waals surface area (Å²) in [5, 5.41) is 8.48. The van der Waals surface area contributed by atoms with Gasteiger partial charge in [-0.3, -0.25) is 4.79 Å². The first-order chi connectivity index (χ1) is 5.74. The van der Waals surface area contributed by atoms with Crippen LogP contribution in [0.25, 0.3) is 5.53 Å². The number of aliphatic carboxylic acids is 1. The van der Waals surface area contributed by atoms with E-state index >= 15 is 0 Å². The Hall–Kier alpha value is -1.67. The molecule has 0 bridgehead atoms. The molecule has 1 atom stereocenters. The third-order valence-corrected chi connectivity index (χ3v) is 1.61. The van der Waals surface area contributed by atoms with Crippen molar-refractivity contribution in [1.29, 1.82) is 0 Å². The second-order valence-electron chi connectivity index (χ2n) is 2.47. The molecule has 0 amide bonds. The van der Waals surface area contributed by atoms with Gasteiger partial charge in [0.25, 0.3) is 5.71 Å². The number of hydrogen-bond acceptors (Lipinski definition) is 1. The van der Waals surface area contributed by atoms with E-state index in [9.17, 15) is 4.79 Å². The van der Waals surface area contributed by atoms with Crippen molar-refractivity contribution in [3.05, 3.63) is 29.8 Å². The van der Waals surface area contributed by atoms with Crippen molar-refractivity contribution in [2.45, 2.75) is 6.42 Å². The lowest BCUT2D eigenvalue weighted by Crippen LogP contribution is -2.16. The van der Waals surface area contributed by atoms with E-state index in [0.717, 1.165) is 0 Å². The van der Waals surface area contributed by atoms with Crippen LogP contribution < -0.4 is 0 Å². The minimum absolute atomic E-state index is 0.0414. The molecule has 1 aliphatic carbocycles. The molecule has 0 spiro atoms. The second-order valence-corrected chi connectivity index (χ2v) is 2.47. The van der Waals surface area contributed by atoms with Crippen LogP contribution in [0.15, 0.2) is 24.3 Å². The van der Waals surface area contributed by atoms with Crippen molar-refractivity contribution in [1.82, 2.24) is 0 Å². The Kier molecular flexibility index (Phi) is 2.56. The molecular weight excluding hydrogens is 156 g/mol. The van der Waals surface area contributed by atoms with Gasteiger partial charge in [-0.15, -0.1) is 0 Å². The molecule has 0 saturated heterocycles. The summed E-state index contributed by atoms with van der Waals surface area (Å²) in [5.74, 6) is -1.21.